The zero-order valence-electron chi connectivity index (χ0n) is 9.40. The maximum absolute atomic E-state index is 12.3. The number of carbonyl (C=O) groups is 1. The number of halogens is 4. The second kappa shape index (κ2) is 5.79. The molecule has 0 aliphatic heterocycles. The van der Waals surface area contributed by atoms with E-state index in [9.17, 15) is 28.1 Å². The molecule has 1 aromatic rings. The van der Waals surface area contributed by atoms with Crippen LogP contribution in [0.15, 0.2) is 23.1 Å². The molecule has 0 heterocycles. The third-order valence-electron chi connectivity index (χ3n) is 2.06. The number of nitro groups is 1. The minimum atomic E-state index is -4.67. The van der Waals surface area contributed by atoms with E-state index < -0.39 is 43.9 Å². The minimum Gasteiger partial charge on any atom is -0.298 e. The summed E-state index contributed by atoms with van der Waals surface area (Å²) in [5.41, 5.74) is -5.26. The van der Waals surface area contributed by atoms with Crippen LogP contribution in [0, 0.1) is 10.1 Å². The van der Waals surface area contributed by atoms with Gasteiger partial charge in [-0.05, 0) is 30.3 Å². The molecule has 0 aromatic heterocycles. The van der Waals surface area contributed by atoms with Gasteiger partial charge in [0.1, 0.15) is 5.38 Å². The highest BCUT2D eigenvalue weighted by molar-refractivity contribution is 8.00. The second-order valence-electron chi connectivity index (χ2n) is 3.51. The fourth-order valence-electron chi connectivity index (χ4n) is 1.28. The number of carbonyl (C=O) groups excluding carboxylic acids is 1. The SMILES string of the molecule is CC(=O)C(Cl)c1ccc([N+](=O)[O-])c(SC(F)(F)F)c1. The molecule has 104 valence electrons. The Bertz CT molecular complexity index is 521. The van der Waals surface area contributed by atoms with E-state index in [1.54, 1.807) is 0 Å². The second-order valence-corrected chi connectivity index (χ2v) is 5.05. The molecule has 1 rings (SSSR count). The summed E-state index contributed by atoms with van der Waals surface area (Å²) in [7, 11) is 0. The number of nitro benzene ring substituents is 1. The minimum absolute atomic E-state index is 0.0894. The molecule has 9 heteroatoms. The molecule has 0 saturated heterocycles. The van der Waals surface area contributed by atoms with Crippen LogP contribution in [0.3, 0.4) is 0 Å². The van der Waals surface area contributed by atoms with Crippen LogP contribution < -0.4 is 0 Å². The maximum atomic E-state index is 12.3. The highest BCUT2D eigenvalue weighted by Gasteiger charge is 2.33. The van der Waals surface area contributed by atoms with Crippen LogP contribution in [0.5, 0.6) is 0 Å². The van der Waals surface area contributed by atoms with Crippen molar-refractivity contribution in [3.8, 4) is 0 Å². The van der Waals surface area contributed by atoms with Gasteiger partial charge in [-0.25, -0.2) is 0 Å². The lowest BCUT2D eigenvalue weighted by Crippen LogP contribution is -2.05. The third-order valence-corrected chi connectivity index (χ3v) is 3.39. The molecule has 19 heavy (non-hydrogen) atoms. The number of thioether (sulfide) groups is 1. The van der Waals surface area contributed by atoms with Crippen LogP contribution >= 0.6 is 23.4 Å². The highest BCUT2D eigenvalue weighted by Crippen LogP contribution is 2.42. The van der Waals surface area contributed by atoms with Gasteiger partial charge in [0, 0.05) is 6.07 Å². The van der Waals surface area contributed by atoms with Crippen molar-refractivity contribution in [3.05, 3.63) is 33.9 Å². The van der Waals surface area contributed by atoms with Crippen molar-refractivity contribution < 1.29 is 22.9 Å². The molecule has 0 aliphatic rings. The molecule has 1 atom stereocenters. The predicted molar refractivity (Wildman–Crippen MR) is 64.3 cm³/mol. The standard InChI is InChI=1S/C10H7ClF3NO3S/c1-5(16)9(11)6-2-3-7(15(17)18)8(4-6)19-10(12,13)14/h2-4,9H,1H3. The first kappa shape index (κ1) is 15.8. The van der Waals surface area contributed by atoms with E-state index in [0.29, 0.717) is 0 Å². The number of Topliss-reactive ketones (excluding diaryl/α,β-unsaturated/α-hetero) is 1. The van der Waals surface area contributed by atoms with Gasteiger partial charge in [0.05, 0.1) is 9.82 Å². The fraction of sp³-hybridized carbons (Fsp3) is 0.300. The average Bonchev–Trinajstić information content (AvgIpc) is 2.25. The molecule has 0 radical (unpaired) electrons. The van der Waals surface area contributed by atoms with Gasteiger partial charge in [-0.3, -0.25) is 14.9 Å². The van der Waals surface area contributed by atoms with Crippen molar-refractivity contribution in [2.75, 3.05) is 0 Å². The number of nitrogens with zero attached hydrogens (tertiary/aromatic N) is 1. The summed E-state index contributed by atoms with van der Waals surface area (Å²) in [6, 6.07) is 2.98. The Kier molecular flexibility index (Phi) is 4.81. The number of alkyl halides is 4. The lowest BCUT2D eigenvalue weighted by atomic mass is 10.1. The van der Waals surface area contributed by atoms with Crippen molar-refractivity contribution in [1.29, 1.82) is 0 Å². The van der Waals surface area contributed by atoms with Crippen molar-refractivity contribution in [2.45, 2.75) is 22.7 Å². The van der Waals surface area contributed by atoms with Crippen molar-refractivity contribution >= 4 is 34.8 Å². The van der Waals surface area contributed by atoms with Crippen LogP contribution in [0.2, 0.25) is 0 Å². The molecule has 0 N–H and O–H groups in total. The van der Waals surface area contributed by atoms with Gasteiger partial charge in [0.15, 0.2) is 5.78 Å². The third kappa shape index (κ3) is 4.39. The molecular weight excluding hydrogens is 307 g/mol. The molecule has 1 aromatic carbocycles. The first-order chi connectivity index (χ1) is 8.61. The molecule has 0 aliphatic carbocycles. The van der Waals surface area contributed by atoms with Gasteiger partial charge >= 0.3 is 5.51 Å². The molecule has 0 spiro atoms. The van der Waals surface area contributed by atoms with Crippen LogP contribution in [-0.4, -0.2) is 16.2 Å². The highest BCUT2D eigenvalue weighted by atomic mass is 35.5. The fourth-order valence-corrected chi connectivity index (χ4v) is 2.11. The van der Waals surface area contributed by atoms with Crippen LogP contribution in [-0.2, 0) is 4.79 Å². The zero-order valence-corrected chi connectivity index (χ0v) is 11.0. The van der Waals surface area contributed by atoms with E-state index >= 15 is 0 Å². The van der Waals surface area contributed by atoms with Crippen LogP contribution in [0.25, 0.3) is 0 Å². The lowest BCUT2D eigenvalue weighted by molar-refractivity contribution is -0.387. The van der Waals surface area contributed by atoms with Gasteiger partial charge in [-0.1, -0.05) is 6.07 Å². The number of benzene rings is 1. The topological polar surface area (TPSA) is 60.2 Å². The Morgan fingerprint density at radius 1 is 1.47 bits per heavy atom. The molecule has 1 unspecified atom stereocenters. The first-order valence-corrected chi connectivity index (χ1v) is 6.05. The summed E-state index contributed by atoms with van der Waals surface area (Å²) in [5.74, 6) is -0.460. The summed E-state index contributed by atoms with van der Waals surface area (Å²) in [5, 5.41) is 9.52. The normalized spacial score (nSPS) is 13.1. The van der Waals surface area contributed by atoms with Crippen molar-refractivity contribution in [1.82, 2.24) is 0 Å². The molecule has 4 nitrogen and oxygen atoms in total. The summed E-state index contributed by atoms with van der Waals surface area (Å²) >= 11 is 5.09. The van der Waals surface area contributed by atoms with E-state index in [-0.39, 0.29) is 5.56 Å². The van der Waals surface area contributed by atoms with Gasteiger partial charge in [-0.15, -0.1) is 11.6 Å². The summed E-state index contributed by atoms with van der Waals surface area (Å²) in [6.07, 6.45) is 0. The first-order valence-electron chi connectivity index (χ1n) is 4.80. The van der Waals surface area contributed by atoms with Gasteiger partial charge in [-0.2, -0.15) is 13.2 Å². The molecule has 0 fully saturated rings. The van der Waals surface area contributed by atoms with Crippen LogP contribution in [0.1, 0.15) is 17.9 Å². The Morgan fingerprint density at radius 3 is 2.47 bits per heavy atom. The van der Waals surface area contributed by atoms with Crippen molar-refractivity contribution in [2.24, 2.45) is 0 Å². The number of ketones is 1. The zero-order chi connectivity index (χ0) is 14.8. The lowest BCUT2D eigenvalue weighted by Gasteiger charge is -2.10. The van der Waals surface area contributed by atoms with Gasteiger partial charge in [0.25, 0.3) is 5.69 Å². The largest absolute Gasteiger partial charge is 0.446 e. The molecule has 0 amide bonds. The van der Waals surface area contributed by atoms with E-state index in [0.717, 1.165) is 18.2 Å². The Hall–Kier alpha value is -1.28. The summed E-state index contributed by atoms with van der Waals surface area (Å²) in [6.45, 7) is 1.18. The summed E-state index contributed by atoms with van der Waals surface area (Å²) < 4.78 is 36.9. The van der Waals surface area contributed by atoms with Gasteiger partial charge < -0.3 is 0 Å². The molecule has 0 saturated carbocycles. The maximum Gasteiger partial charge on any atom is 0.446 e. The average molecular weight is 314 g/mol. The smallest absolute Gasteiger partial charge is 0.298 e. The van der Waals surface area contributed by atoms with Crippen LogP contribution in [0.4, 0.5) is 18.9 Å². The molecular formula is C10H7ClF3NO3S. The predicted octanol–water partition coefficient (Wildman–Crippen LogP) is 4.08. The number of rotatable bonds is 4. The van der Waals surface area contributed by atoms with E-state index in [1.165, 1.54) is 6.92 Å². The van der Waals surface area contributed by atoms with E-state index in [4.69, 9.17) is 11.6 Å². The quantitative estimate of drug-likeness (QED) is 0.364. The Morgan fingerprint density at radius 2 is 2.05 bits per heavy atom. The van der Waals surface area contributed by atoms with E-state index in [2.05, 4.69) is 0 Å². The monoisotopic (exact) mass is 313 g/mol. The van der Waals surface area contributed by atoms with E-state index in [1.807, 2.05) is 0 Å². The van der Waals surface area contributed by atoms with Crippen molar-refractivity contribution in [3.63, 3.8) is 0 Å². The summed E-state index contributed by atoms with van der Waals surface area (Å²) in [4.78, 5) is 20.2. The number of hydrogen-bond donors (Lipinski definition) is 0. The Balaban J connectivity index is 3.26. The molecule has 0 bridgehead atoms. The van der Waals surface area contributed by atoms with Gasteiger partial charge in [0.2, 0.25) is 0 Å². The number of hydrogen-bond acceptors (Lipinski definition) is 4. The Labute approximate surface area is 115 Å².